The van der Waals surface area contributed by atoms with Crippen molar-refractivity contribution < 1.29 is 0 Å². The molecule has 0 amide bonds. The van der Waals surface area contributed by atoms with E-state index in [4.69, 9.17) is 11.6 Å². The van der Waals surface area contributed by atoms with Crippen molar-refractivity contribution in [1.82, 2.24) is 24.3 Å². The van der Waals surface area contributed by atoms with E-state index in [-0.39, 0.29) is 5.38 Å². The van der Waals surface area contributed by atoms with Gasteiger partial charge >= 0.3 is 0 Å². The molecular weight excluding hydrogens is 286 g/mol. The van der Waals surface area contributed by atoms with Gasteiger partial charge in [0.1, 0.15) is 11.3 Å². The number of imidazole rings is 1. The van der Waals surface area contributed by atoms with Crippen LogP contribution in [0.5, 0.6) is 0 Å². The van der Waals surface area contributed by atoms with Crippen LogP contribution in [0, 0.1) is 6.92 Å². The average molecular weight is 304 g/mol. The molecule has 3 aromatic heterocycles. The molecule has 0 N–H and O–H groups in total. The molecule has 5 nitrogen and oxygen atoms in total. The summed E-state index contributed by atoms with van der Waals surface area (Å²) >= 11 is 6.30. The zero-order valence-corrected chi connectivity index (χ0v) is 13.2. The Kier molecular flexibility index (Phi) is 3.68. The first-order chi connectivity index (χ1) is 10.1. The van der Waals surface area contributed by atoms with Crippen LogP contribution in [0.3, 0.4) is 0 Å². The average Bonchev–Trinajstić information content (AvgIpc) is 2.97. The molecule has 0 aliphatic rings. The van der Waals surface area contributed by atoms with Crippen LogP contribution >= 0.6 is 11.6 Å². The summed E-state index contributed by atoms with van der Waals surface area (Å²) < 4.78 is 4.06. The number of hydrogen-bond donors (Lipinski definition) is 0. The van der Waals surface area contributed by atoms with Gasteiger partial charge in [-0.2, -0.15) is 5.10 Å². The molecule has 0 aliphatic heterocycles. The van der Waals surface area contributed by atoms with Gasteiger partial charge in [0, 0.05) is 26.0 Å². The number of alkyl halides is 1. The molecule has 6 heteroatoms. The molecule has 3 aromatic rings. The molecule has 0 aromatic carbocycles. The predicted molar refractivity (Wildman–Crippen MR) is 83.4 cm³/mol. The molecule has 0 fully saturated rings. The fourth-order valence-corrected chi connectivity index (χ4v) is 2.83. The van der Waals surface area contributed by atoms with Crippen molar-refractivity contribution in [3.63, 3.8) is 0 Å². The molecule has 21 heavy (non-hydrogen) atoms. The SMILES string of the molecule is Cc1nn(C)c2c1nc(C(C)Cl)n2CCc1ccncc1. The Morgan fingerprint density at radius 1 is 1.29 bits per heavy atom. The lowest BCUT2D eigenvalue weighted by Crippen LogP contribution is -2.10. The number of aryl methyl sites for hydroxylation is 4. The van der Waals surface area contributed by atoms with E-state index in [9.17, 15) is 0 Å². The van der Waals surface area contributed by atoms with Crippen molar-refractivity contribution in [3.8, 4) is 0 Å². The summed E-state index contributed by atoms with van der Waals surface area (Å²) in [5.74, 6) is 0.900. The van der Waals surface area contributed by atoms with Gasteiger partial charge in [0.05, 0.1) is 11.1 Å². The van der Waals surface area contributed by atoms with Gasteiger partial charge < -0.3 is 4.57 Å². The highest BCUT2D eigenvalue weighted by molar-refractivity contribution is 6.20. The Morgan fingerprint density at radius 3 is 2.67 bits per heavy atom. The van der Waals surface area contributed by atoms with Gasteiger partial charge in [-0.25, -0.2) is 4.98 Å². The fraction of sp³-hybridized carbons (Fsp3) is 0.400. The molecule has 0 saturated carbocycles. The molecule has 0 spiro atoms. The highest BCUT2D eigenvalue weighted by Gasteiger charge is 2.19. The van der Waals surface area contributed by atoms with Crippen LogP contribution in [0.1, 0.15) is 29.4 Å². The first-order valence-electron chi connectivity index (χ1n) is 7.00. The van der Waals surface area contributed by atoms with Gasteiger partial charge in [-0.1, -0.05) is 0 Å². The fourth-order valence-electron chi connectivity index (χ4n) is 2.67. The van der Waals surface area contributed by atoms with Gasteiger partial charge in [0.2, 0.25) is 0 Å². The molecule has 0 bridgehead atoms. The van der Waals surface area contributed by atoms with E-state index in [0.717, 1.165) is 35.6 Å². The summed E-state index contributed by atoms with van der Waals surface area (Å²) in [4.78, 5) is 8.73. The van der Waals surface area contributed by atoms with Crippen molar-refractivity contribution in [2.24, 2.45) is 7.05 Å². The second kappa shape index (κ2) is 5.48. The third kappa shape index (κ3) is 2.53. The number of fused-ring (bicyclic) bond motifs is 1. The van der Waals surface area contributed by atoms with E-state index >= 15 is 0 Å². The van der Waals surface area contributed by atoms with Crippen LogP contribution in [0.2, 0.25) is 0 Å². The van der Waals surface area contributed by atoms with Gasteiger partial charge in [-0.3, -0.25) is 9.67 Å². The smallest absolute Gasteiger partial charge is 0.158 e. The third-order valence-electron chi connectivity index (χ3n) is 3.65. The first kappa shape index (κ1) is 14.1. The zero-order valence-electron chi connectivity index (χ0n) is 12.4. The van der Waals surface area contributed by atoms with E-state index < -0.39 is 0 Å². The normalized spacial score (nSPS) is 13.0. The molecule has 0 saturated heterocycles. The molecular formula is C15H18ClN5. The molecule has 3 heterocycles. The Bertz CT molecular complexity index is 757. The lowest BCUT2D eigenvalue weighted by Gasteiger charge is -2.11. The number of aromatic nitrogens is 5. The van der Waals surface area contributed by atoms with Gasteiger partial charge in [0.15, 0.2) is 5.65 Å². The van der Waals surface area contributed by atoms with Gasteiger partial charge in [-0.15, -0.1) is 11.6 Å². The third-order valence-corrected chi connectivity index (χ3v) is 3.84. The van der Waals surface area contributed by atoms with E-state index in [2.05, 4.69) is 19.6 Å². The van der Waals surface area contributed by atoms with E-state index in [1.807, 2.05) is 50.1 Å². The minimum atomic E-state index is -0.130. The summed E-state index contributed by atoms with van der Waals surface area (Å²) in [6.07, 6.45) is 4.55. The summed E-state index contributed by atoms with van der Waals surface area (Å²) in [5.41, 5.74) is 4.16. The number of rotatable bonds is 4. The maximum absolute atomic E-state index is 6.30. The summed E-state index contributed by atoms with van der Waals surface area (Å²) in [5, 5.41) is 4.32. The lowest BCUT2D eigenvalue weighted by molar-refractivity contribution is 0.636. The Balaban J connectivity index is 2.01. The molecule has 1 unspecified atom stereocenters. The highest BCUT2D eigenvalue weighted by Crippen LogP contribution is 2.26. The van der Waals surface area contributed by atoms with Crippen LogP contribution in [0.4, 0.5) is 0 Å². The zero-order chi connectivity index (χ0) is 15.0. The van der Waals surface area contributed by atoms with Crippen molar-refractivity contribution in [2.75, 3.05) is 0 Å². The quantitative estimate of drug-likeness (QED) is 0.696. The van der Waals surface area contributed by atoms with Crippen molar-refractivity contribution in [3.05, 3.63) is 41.6 Å². The monoisotopic (exact) mass is 303 g/mol. The van der Waals surface area contributed by atoms with Crippen LogP contribution in [0.25, 0.3) is 11.2 Å². The van der Waals surface area contributed by atoms with Crippen molar-refractivity contribution >= 4 is 22.8 Å². The van der Waals surface area contributed by atoms with E-state index in [0.29, 0.717) is 0 Å². The van der Waals surface area contributed by atoms with Crippen molar-refractivity contribution in [2.45, 2.75) is 32.2 Å². The number of pyridine rings is 1. The Hall–Kier alpha value is -1.88. The summed E-state index contributed by atoms with van der Waals surface area (Å²) in [6.45, 7) is 4.76. The summed E-state index contributed by atoms with van der Waals surface area (Å²) in [7, 11) is 1.95. The molecule has 0 aliphatic carbocycles. The number of nitrogens with zero attached hydrogens (tertiary/aromatic N) is 5. The van der Waals surface area contributed by atoms with Gasteiger partial charge in [0.25, 0.3) is 0 Å². The van der Waals surface area contributed by atoms with Crippen molar-refractivity contribution in [1.29, 1.82) is 0 Å². The Labute approximate surface area is 128 Å². The maximum Gasteiger partial charge on any atom is 0.158 e. The minimum absolute atomic E-state index is 0.130. The predicted octanol–water partition coefficient (Wildman–Crippen LogP) is 3.02. The largest absolute Gasteiger partial charge is 0.311 e. The number of hydrogen-bond acceptors (Lipinski definition) is 3. The highest BCUT2D eigenvalue weighted by atomic mass is 35.5. The van der Waals surface area contributed by atoms with Gasteiger partial charge in [-0.05, 0) is 38.0 Å². The molecule has 1 atom stereocenters. The lowest BCUT2D eigenvalue weighted by atomic mass is 10.2. The number of halogens is 1. The second-order valence-corrected chi connectivity index (χ2v) is 5.88. The second-order valence-electron chi connectivity index (χ2n) is 5.22. The summed E-state index contributed by atoms with van der Waals surface area (Å²) in [6, 6.07) is 4.07. The molecule has 3 rings (SSSR count). The standard InChI is InChI=1S/C15H18ClN5/c1-10(16)14-18-13-11(2)19-20(3)15(13)21(14)9-6-12-4-7-17-8-5-12/h4-5,7-8,10H,6,9H2,1-3H3. The Morgan fingerprint density at radius 2 is 2.00 bits per heavy atom. The van der Waals surface area contributed by atoms with Crippen LogP contribution in [-0.2, 0) is 20.0 Å². The topological polar surface area (TPSA) is 48.5 Å². The van der Waals surface area contributed by atoms with Crippen LogP contribution in [-0.4, -0.2) is 24.3 Å². The van der Waals surface area contributed by atoms with Crippen LogP contribution in [0.15, 0.2) is 24.5 Å². The van der Waals surface area contributed by atoms with E-state index in [1.165, 1.54) is 5.56 Å². The van der Waals surface area contributed by atoms with E-state index in [1.54, 1.807) is 0 Å². The van der Waals surface area contributed by atoms with Crippen LogP contribution < -0.4 is 0 Å². The molecule has 110 valence electrons. The maximum atomic E-state index is 6.30. The molecule has 0 radical (unpaired) electrons. The minimum Gasteiger partial charge on any atom is -0.311 e. The first-order valence-corrected chi connectivity index (χ1v) is 7.44.